The molecule has 0 atom stereocenters. The molecule has 2 aromatic heterocycles. The fraction of sp³-hybridized carbons (Fsp3) is 0.200. The third kappa shape index (κ3) is 1.92. The molecule has 0 aliphatic carbocycles. The van der Waals surface area contributed by atoms with E-state index in [1.165, 1.54) is 11.3 Å². The lowest BCUT2D eigenvalue weighted by Crippen LogP contribution is -2.09. The van der Waals surface area contributed by atoms with E-state index in [-0.39, 0.29) is 0 Å². The van der Waals surface area contributed by atoms with E-state index >= 15 is 0 Å². The third-order valence-corrected chi connectivity index (χ3v) is 2.94. The highest BCUT2D eigenvalue weighted by atomic mass is 32.1. The molecule has 0 fully saturated rings. The first-order valence-electron chi connectivity index (χ1n) is 4.45. The lowest BCUT2D eigenvalue weighted by Gasteiger charge is -2.04. The van der Waals surface area contributed by atoms with Crippen molar-refractivity contribution in [2.45, 2.75) is 13.5 Å². The molecule has 0 saturated heterocycles. The Bertz CT molecular complexity index is 474. The van der Waals surface area contributed by atoms with Gasteiger partial charge in [-0.3, -0.25) is 4.98 Å². The van der Waals surface area contributed by atoms with E-state index in [1.54, 1.807) is 29.4 Å². The SMILES string of the molecule is Cc1ccn(Cc2cncs2)c1C(=O)O. The van der Waals surface area contributed by atoms with Crippen molar-refractivity contribution in [3.05, 3.63) is 40.1 Å². The van der Waals surface area contributed by atoms with Crippen molar-refractivity contribution in [3.8, 4) is 0 Å². The highest BCUT2D eigenvalue weighted by molar-refractivity contribution is 7.09. The largest absolute Gasteiger partial charge is 0.477 e. The van der Waals surface area contributed by atoms with Crippen LogP contribution < -0.4 is 0 Å². The maximum absolute atomic E-state index is 11.0. The Hall–Kier alpha value is -1.62. The standard InChI is InChI=1S/C10H10N2O2S/c1-7-2-3-12(9(7)10(13)14)5-8-4-11-6-15-8/h2-4,6H,5H2,1H3,(H,13,14). The minimum atomic E-state index is -0.887. The second-order valence-electron chi connectivity index (χ2n) is 3.25. The van der Waals surface area contributed by atoms with Crippen LogP contribution in [0.3, 0.4) is 0 Å². The maximum atomic E-state index is 11.0. The van der Waals surface area contributed by atoms with Crippen LogP contribution in [0.2, 0.25) is 0 Å². The first-order valence-corrected chi connectivity index (χ1v) is 5.33. The van der Waals surface area contributed by atoms with Crippen molar-refractivity contribution in [1.29, 1.82) is 0 Å². The predicted molar refractivity (Wildman–Crippen MR) is 57.3 cm³/mol. The molecule has 4 nitrogen and oxygen atoms in total. The van der Waals surface area contributed by atoms with Crippen LogP contribution in [0.25, 0.3) is 0 Å². The first kappa shape index (κ1) is 9.92. The Labute approximate surface area is 90.8 Å². The summed E-state index contributed by atoms with van der Waals surface area (Å²) >= 11 is 1.52. The fourth-order valence-electron chi connectivity index (χ4n) is 1.49. The van der Waals surface area contributed by atoms with E-state index in [1.807, 2.05) is 6.07 Å². The summed E-state index contributed by atoms with van der Waals surface area (Å²) in [7, 11) is 0. The van der Waals surface area contributed by atoms with E-state index in [0.717, 1.165) is 10.4 Å². The minimum absolute atomic E-state index is 0.350. The van der Waals surface area contributed by atoms with Crippen molar-refractivity contribution < 1.29 is 9.90 Å². The molecular formula is C10H10N2O2S. The molecule has 5 heteroatoms. The summed E-state index contributed by atoms with van der Waals surface area (Å²) in [5.41, 5.74) is 2.88. The fourth-order valence-corrected chi connectivity index (χ4v) is 2.09. The van der Waals surface area contributed by atoms with Crippen LogP contribution in [-0.4, -0.2) is 20.6 Å². The molecule has 0 radical (unpaired) electrons. The zero-order valence-electron chi connectivity index (χ0n) is 8.17. The summed E-state index contributed by atoms with van der Waals surface area (Å²) in [6.07, 6.45) is 3.55. The van der Waals surface area contributed by atoms with Crippen molar-refractivity contribution in [2.24, 2.45) is 0 Å². The lowest BCUT2D eigenvalue weighted by atomic mass is 10.3. The summed E-state index contributed by atoms with van der Waals surface area (Å²) in [5.74, 6) is -0.887. The number of aromatic nitrogens is 2. The van der Waals surface area contributed by atoms with Crippen molar-refractivity contribution in [3.63, 3.8) is 0 Å². The minimum Gasteiger partial charge on any atom is -0.477 e. The second kappa shape index (κ2) is 3.86. The van der Waals surface area contributed by atoms with Gasteiger partial charge in [0.1, 0.15) is 5.69 Å². The summed E-state index contributed by atoms with van der Waals surface area (Å²) in [6, 6.07) is 1.81. The molecule has 2 rings (SSSR count). The predicted octanol–water partition coefficient (Wildman–Crippen LogP) is 2.00. The Morgan fingerprint density at radius 3 is 3.07 bits per heavy atom. The zero-order valence-corrected chi connectivity index (χ0v) is 8.99. The van der Waals surface area contributed by atoms with Crippen molar-refractivity contribution in [1.82, 2.24) is 9.55 Å². The normalized spacial score (nSPS) is 10.5. The summed E-state index contributed by atoms with van der Waals surface area (Å²) < 4.78 is 1.73. The van der Waals surface area contributed by atoms with E-state index in [9.17, 15) is 4.79 Å². The van der Waals surface area contributed by atoms with Crippen LogP contribution in [-0.2, 0) is 6.54 Å². The molecule has 0 unspecified atom stereocenters. The Kier molecular flexibility index (Phi) is 2.55. The van der Waals surface area contributed by atoms with Gasteiger partial charge in [-0.05, 0) is 18.6 Å². The zero-order chi connectivity index (χ0) is 10.8. The molecule has 0 aliphatic heterocycles. The molecule has 78 valence electrons. The molecule has 1 N–H and O–H groups in total. The number of carbonyl (C=O) groups is 1. The number of carboxylic acids is 1. The Morgan fingerprint density at radius 1 is 1.67 bits per heavy atom. The van der Waals surface area contributed by atoms with E-state index < -0.39 is 5.97 Å². The van der Waals surface area contributed by atoms with Crippen LogP contribution in [0.5, 0.6) is 0 Å². The average molecular weight is 222 g/mol. The first-order chi connectivity index (χ1) is 7.18. The quantitative estimate of drug-likeness (QED) is 0.864. The van der Waals surface area contributed by atoms with Crippen molar-refractivity contribution in [2.75, 3.05) is 0 Å². The van der Waals surface area contributed by atoms with Gasteiger partial charge >= 0.3 is 5.97 Å². The van der Waals surface area contributed by atoms with Crippen LogP contribution in [0.1, 0.15) is 20.9 Å². The number of hydrogen-bond acceptors (Lipinski definition) is 3. The van der Waals surface area contributed by atoms with Crippen LogP contribution in [0.15, 0.2) is 24.0 Å². The molecule has 0 amide bonds. The van der Waals surface area contributed by atoms with E-state index in [4.69, 9.17) is 5.11 Å². The number of thiazole rings is 1. The summed E-state index contributed by atoms with van der Waals surface area (Å²) in [4.78, 5) is 16.0. The third-order valence-electron chi connectivity index (χ3n) is 2.18. The van der Waals surface area contributed by atoms with Gasteiger partial charge in [-0.2, -0.15) is 0 Å². The highest BCUT2D eigenvalue weighted by Gasteiger charge is 2.13. The van der Waals surface area contributed by atoms with Gasteiger partial charge in [0.2, 0.25) is 0 Å². The molecule has 0 saturated carbocycles. The van der Waals surface area contributed by atoms with Gasteiger partial charge < -0.3 is 9.67 Å². The number of hydrogen-bond donors (Lipinski definition) is 1. The molecule has 0 aromatic carbocycles. The summed E-state index contributed by atoms with van der Waals surface area (Å²) in [5, 5.41) is 9.03. The van der Waals surface area contributed by atoms with Gasteiger partial charge in [-0.25, -0.2) is 4.79 Å². The number of aryl methyl sites for hydroxylation is 1. The van der Waals surface area contributed by atoms with Gasteiger partial charge in [0.05, 0.1) is 12.1 Å². The number of aromatic carboxylic acids is 1. The number of nitrogens with zero attached hydrogens (tertiary/aromatic N) is 2. The molecular weight excluding hydrogens is 212 g/mol. The lowest BCUT2D eigenvalue weighted by molar-refractivity contribution is 0.0685. The molecule has 0 bridgehead atoms. The number of carboxylic acid groups (broad SMARTS) is 1. The van der Waals surface area contributed by atoms with E-state index in [0.29, 0.717) is 12.2 Å². The van der Waals surface area contributed by atoms with Gasteiger partial charge in [0.15, 0.2) is 0 Å². The molecule has 15 heavy (non-hydrogen) atoms. The van der Waals surface area contributed by atoms with Gasteiger partial charge in [0, 0.05) is 17.3 Å². The van der Waals surface area contributed by atoms with Gasteiger partial charge in [0.25, 0.3) is 0 Å². The summed E-state index contributed by atoms with van der Waals surface area (Å²) in [6.45, 7) is 2.37. The average Bonchev–Trinajstić information content (AvgIpc) is 2.76. The molecule has 2 heterocycles. The van der Waals surface area contributed by atoms with Gasteiger partial charge in [-0.1, -0.05) is 0 Å². The molecule has 2 aromatic rings. The highest BCUT2D eigenvalue weighted by Crippen LogP contribution is 2.14. The molecule has 0 spiro atoms. The topological polar surface area (TPSA) is 55.1 Å². The Balaban J connectivity index is 2.33. The smallest absolute Gasteiger partial charge is 0.352 e. The monoisotopic (exact) mass is 222 g/mol. The maximum Gasteiger partial charge on any atom is 0.352 e. The van der Waals surface area contributed by atoms with Crippen LogP contribution in [0, 0.1) is 6.92 Å². The molecule has 0 aliphatic rings. The van der Waals surface area contributed by atoms with Crippen LogP contribution >= 0.6 is 11.3 Å². The second-order valence-corrected chi connectivity index (χ2v) is 4.22. The van der Waals surface area contributed by atoms with Crippen molar-refractivity contribution >= 4 is 17.3 Å². The van der Waals surface area contributed by atoms with Crippen LogP contribution in [0.4, 0.5) is 0 Å². The van der Waals surface area contributed by atoms with Gasteiger partial charge in [-0.15, -0.1) is 11.3 Å². The Morgan fingerprint density at radius 2 is 2.47 bits per heavy atom. The van der Waals surface area contributed by atoms with E-state index in [2.05, 4.69) is 4.98 Å². The number of rotatable bonds is 3.